The lowest BCUT2D eigenvalue weighted by Gasteiger charge is -2.11. The third-order valence-corrected chi connectivity index (χ3v) is 3.97. The van der Waals surface area contributed by atoms with Gasteiger partial charge in [0.2, 0.25) is 0 Å². The fourth-order valence-corrected chi connectivity index (χ4v) is 2.89. The van der Waals surface area contributed by atoms with E-state index in [2.05, 4.69) is 15.0 Å². The number of aromatic nitrogens is 1. The zero-order valence-electron chi connectivity index (χ0n) is 9.81. The van der Waals surface area contributed by atoms with Crippen LogP contribution >= 0.6 is 0 Å². The van der Waals surface area contributed by atoms with Gasteiger partial charge in [0.1, 0.15) is 0 Å². The van der Waals surface area contributed by atoms with Crippen molar-refractivity contribution in [3.05, 3.63) is 18.3 Å². The Morgan fingerprint density at radius 3 is 2.88 bits per heavy atom. The van der Waals surface area contributed by atoms with Gasteiger partial charge in [0, 0.05) is 18.8 Å². The van der Waals surface area contributed by atoms with Crippen LogP contribution < -0.4 is 10.0 Å². The van der Waals surface area contributed by atoms with Gasteiger partial charge in [-0.25, -0.2) is 18.1 Å². The number of pyridine rings is 1. The van der Waals surface area contributed by atoms with E-state index in [1.807, 2.05) is 6.92 Å². The van der Waals surface area contributed by atoms with Gasteiger partial charge in [0.05, 0.1) is 5.69 Å². The summed E-state index contributed by atoms with van der Waals surface area (Å²) < 4.78 is 26.7. The molecule has 17 heavy (non-hydrogen) atoms. The Morgan fingerprint density at radius 1 is 1.47 bits per heavy atom. The van der Waals surface area contributed by atoms with Crippen LogP contribution in [0.4, 0.5) is 5.69 Å². The van der Waals surface area contributed by atoms with Gasteiger partial charge in [-0.05, 0) is 31.4 Å². The van der Waals surface area contributed by atoms with Gasteiger partial charge in [0.15, 0.2) is 5.03 Å². The molecule has 0 unspecified atom stereocenters. The van der Waals surface area contributed by atoms with E-state index in [1.165, 1.54) is 6.20 Å². The monoisotopic (exact) mass is 255 g/mol. The maximum atomic E-state index is 12.1. The Kier molecular flexibility index (Phi) is 3.63. The molecule has 0 bridgehead atoms. The molecule has 2 N–H and O–H groups in total. The number of hydrogen-bond donors (Lipinski definition) is 2. The molecule has 1 aromatic heterocycles. The Balaban J connectivity index is 2.23. The fourth-order valence-electron chi connectivity index (χ4n) is 1.48. The minimum absolute atomic E-state index is 0.0975. The summed E-state index contributed by atoms with van der Waals surface area (Å²) in [6, 6.07) is 3.57. The third-order valence-electron chi connectivity index (χ3n) is 2.49. The van der Waals surface area contributed by atoms with E-state index < -0.39 is 10.0 Å². The first-order chi connectivity index (χ1) is 8.13. The molecule has 0 saturated heterocycles. The lowest BCUT2D eigenvalue weighted by atomic mass is 10.4. The number of nitrogens with zero attached hydrogens (tertiary/aromatic N) is 1. The Labute approximate surface area is 102 Å². The summed E-state index contributed by atoms with van der Waals surface area (Å²) in [5.41, 5.74) is 0.572. The summed E-state index contributed by atoms with van der Waals surface area (Å²) in [7, 11) is -3.48. The van der Waals surface area contributed by atoms with E-state index in [-0.39, 0.29) is 11.1 Å². The van der Waals surface area contributed by atoms with Crippen molar-refractivity contribution in [2.45, 2.75) is 37.3 Å². The highest BCUT2D eigenvalue weighted by Crippen LogP contribution is 2.24. The minimum Gasteiger partial charge on any atom is -0.383 e. The second-order valence-electron chi connectivity index (χ2n) is 4.18. The molecule has 0 atom stereocenters. The van der Waals surface area contributed by atoms with Crippen LogP contribution in [-0.4, -0.2) is 26.0 Å². The summed E-state index contributed by atoms with van der Waals surface area (Å²) in [6.45, 7) is 2.76. The molecule has 5 nitrogen and oxygen atoms in total. The van der Waals surface area contributed by atoms with Crippen LogP contribution in [0.2, 0.25) is 0 Å². The van der Waals surface area contributed by atoms with E-state index >= 15 is 0 Å². The average molecular weight is 255 g/mol. The van der Waals surface area contributed by atoms with Crippen molar-refractivity contribution in [3.8, 4) is 0 Å². The topological polar surface area (TPSA) is 71.1 Å². The van der Waals surface area contributed by atoms with Gasteiger partial charge >= 0.3 is 0 Å². The summed E-state index contributed by atoms with van der Waals surface area (Å²) in [6.07, 6.45) is 4.27. The van der Waals surface area contributed by atoms with Crippen molar-refractivity contribution >= 4 is 15.7 Å². The Morgan fingerprint density at radius 2 is 2.24 bits per heavy atom. The molecule has 1 saturated carbocycles. The number of hydrogen-bond acceptors (Lipinski definition) is 4. The van der Waals surface area contributed by atoms with Crippen molar-refractivity contribution in [2.75, 3.05) is 11.9 Å². The molecule has 0 aliphatic heterocycles. The lowest BCUT2D eigenvalue weighted by molar-refractivity contribution is 0.577. The van der Waals surface area contributed by atoms with Gasteiger partial charge in [-0.3, -0.25) is 0 Å². The minimum atomic E-state index is -3.48. The lowest BCUT2D eigenvalue weighted by Crippen LogP contribution is -2.27. The van der Waals surface area contributed by atoms with Crippen LogP contribution in [0.1, 0.15) is 26.2 Å². The maximum absolute atomic E-state index is 12.1. The molecule has 94 valence electrons. The standard InChI is InChI=1S/C11H17N3O2S/c1-2-7-12-10-4-3-8-13-11(10)17(15,16)14-9-5-6-9/h3-4,8-9,12,14H,2,5-7H2,1H3. The molecular formula is C11H17N3O2S. The van der Waals surface area contributed by atoms with E-state index in [0.29, 0.717) is 5.69 Å². The molecular weight excluding hydrogens is 238 g/mol. The van der Waals surface area contributed by atoms with E-state index in [9.17, 15) is 8.42 Å². The van der Waals surface area contributed by atoms with Crippen molar-refractivity contribution in [3.63, 3.8) is 0 Å². The van der Waals surface area contributed by atoms with Crippen molar-refractivity contribution in [1.82, 2.24) is 9.71 Å². The zero-order valence-corrected chi connectivity index (χ0v) is 10.6. The summed E-state index contributed by atoms with van der Waals surface area (Å²) in [4.78, 5) is 3.97. The molecule has 0 spiro atoms. The molecule has 1 aliphatic rings. The van der Waals surface area contributed by atoms with Gasteiger partial charge in [-0.15, -0.1) is 0 Å². The zero-order chi connectivity index (χ0) is 12.3. The third kappa shape index (κ3) is 3.17. The smallest absolute Gasteiger partial charge is 0.260 e. The van der Waals surface area contributed by atoms with Crippen LogP contribution in [0.25, 0.3) is 0 Å². The largest absolute Gasteiger partial charge is 0.383 e. The second-order valence-corrected chi connectivity index (χ2v) is 5.81. The van der Waals surface area contributed by atoms with Crippen LogP contribution in [0, 0.1) is 0 Å². The predicted molar refractivity (Wildman–Crippen MR) is 66.4 cm³/mol. The molecule has 2 rings (SSSR count). The number of nitrogens with one attached hydrogen (secondary N) is 2. The van der Waals surface area contributed by atoms with Gasteiger partial charge in [-0.1, -0.05) is 6.92 Å². The first kappa shape index (κ1) is 12.3. The van der Waals surface area contributed by atoms with Crippen LogP contribution in [0.3, 0.4) is 0 Å². The number of rotatable bonds is 6. The highest BCUT2D eigenvalue weighted by molar-refractivity contribution is 7.89. The van der Waals surface area contributed by atoms with Crippen LogP contribution in [0.5, 0.6) is 0 Å². The molecule has 1 aliphatic carbocycles. The molecule has 1 heterocycles. The van der Waals surface area contributed by atoms with E-state index in [1.54, 1.807) is 12.1 Å². The summed E-state index contributed by atoms with van der Waals surface area (Å²) in [5, 5.41) is 3.18. The first-order valence-corrected chi connectivity index (χ1v) is 7.33. The summed E-state index contributed by atoms with van der Waals surface area (Å²) in [5.74, 6) is 0. The molecule has 0 radical (unpaired) electrons. The van der Waals surface area contributed by atoms with E-state index in [0.717, 1.165) is 25.8 Å². The van der Waals surface area contributed by atoms with Crippen molar-refractivity contribution in [2.24, 2.45) is 0 Å². The molecule has 1 fully saturated rings. The predicted octanol–water partition coefficient (Wildman–Crippen LogP) is 1.34. The van der Waals surface area contributed by atoms with Gasteiger partial charge in [0.25, 0.3) is 10.0 Å². The summed E-state index contributed by atoms with van der Waals surface area (Å²) >= 11 is 0. The Hall–Kier alpha value is -1.14. The van der Waals surface area contributed by atoms with Gasteiger partial charge in [-0.2, -0.15) is 0 Å². The Bertz CT molecular complexity index is 483. The highest BCUT2D eigenvalue weighted by atomic mass is 32.2. The molecule has 0 amide bonds. The quantitative estimate of drug-likeness (QED) is 0.805. The van der Waals surface area contributed by atoms with E-state index in [4.69, 9.17) is 0 Å². The molecule has 1 aromatic rings. The molecule has 6 heteroatoms. The average Bonchev–Trinajstić information content (AvgIpc) is 3.10. The number of sulfonamides is 1. The van der Waals surface area contributed by atoms with Crippen molar-refractivity contribution in [1.29, 1.82) is 0 Å². The fraction of sp³-hybridized carbons (Fsp3) is 0.545. The van der Waals surface area contributed by atoms with Crippen molar-refractivity contribution < 1.29 is 8.42 Å². The van der Waals surface area contributed by atoms with Crippen LogP contribution in [0.15, 0.2) is 23.4 Å². The van der Waals surface area contributed by atoms with Crippen LogP contribution in [-0.2, 0) is 10.0 Å². The second kappa shape index (κ2) is 5.01. The van der Waals surface area contributed by atoms with Gasteiger partial charge < -0.3 is 5.32 Å². The first-order valence-electron chi connectivity index (χ1n) is 5.84. The normalized spacial score (nSPS) is 15.8. The number of anilines is 1. The SMILES string of the molecule is CCCNc1cccnc1S(=O)(=O)NC1CC1. The highest BCUT2D eigenvalue weighted by Gasteiger charge is 2.30. The maximum Gasteiger partial charge on any atom is 0.260 e. The molecule has 0 aromatic carbocycles.